The van der Waals surface area contributed by atoms with E-state index < -0.39 is 37.6 Å². The van der Waals surface area contributed by atoms with Crippen LogP contribution in [0.4, 0.5) is 0 Å². The van der Waals surface area contributed by atoms with Crippen LogP contribution in [0.15, 0.2) is 0 Å². The monoisotopic (exact) mass is 198 g/mol. The first kappa shape index (κ1) is 12.7. The van der Waals surface area contributed by atoms with Crippen LogP contribution in [0.1, 0.15) is 0 Å². The quantitative estimate of drug-likeness (QED) is 0.197. The van der Waals surface area contributed by atoms with E-state index in [9.17, 15) is 0 Å². The van der Waals surface area contributed by atoms with E-state index in [0.717, 1.165) is 0 Å². The van der Waals surface area contributed by atoms with Crippen molar-refractivity contribution in [3.8, 4) is 0 Å². The zero-order valence-electron chi connectivity index (χ0n) is 6.82. The van der Waals surface area contributed by atoms with E-state index in [0.29, 0.717) is 0 Å². The van der Waals surface area contributed by atoms with Gasteiger partial charge in [0.15, 0.2) is 0 Å². The smallest absolute Gasteiger partial charge is 0.111 e. The van der Waals surface area contributed by atoms with E-state index in [-0.39, 0.29) is 0 Å². The third kappa shape index (κ3) is 3.96. The van der Waals surface area contributed by atoms with Gasteiger partial charge in [0.2, 0.25) is 0 Å². The topological polar surface area (TPSA) is 131 Å². The Bertz CT molecular complexity index is 130. The molecular weight excluding hydrogens is 184 g/mol. The summed E-state index contributed by atoms with van der Waals surface area (Å²) < 4.78 is 0. The van der Waals surface area contributed by atoms with E-state index in [2.05, 4.69) is 4.89 Å². The molecule has 0 aromatic rings. The Balaban J connectivity index is 3.99. The molecule has 7 heteroatoms. The summed E-state index contributed by atoms with van der Waals surface area (Å²) in [6, 6.07) is 0. The van der Waals surface area contributed by atoms with E-state index in [4.69, 9.17) is 30.8 Å². The Morgan fingerprint density at radius 3 is 1.77 bits per heavy atom. The zero-order valence-corrected chi connectivity index (χ0v) is 6.82. The van der Waals surface area contributed by atoms with Gasteiger partial charge >= 0.3 is 0 Å². The number of aliphatic hydroxyl groups is 5. The maximum atomic E-state index is 9.06. The Labute approximate surface area is 74.4 Å². The molecular formula is C6H14O7. The minimum absolute atomic E-state index is 0.601. The van der Waals surface area contributed by atoms with Gasteiger partial charge in [-0.05, 0) is 0 Å². The maximum Gasteiger partial charge on any atom is 0.111 e. The molecule has 0 amide bonds. The van der Waals surface area contributed by atoms with Crippen molar-refractivity contribution in [1.82, 2.24) is 0 Å². The lowest BCUT2D eigenvalue weighted by molar-refractivity contribution is -0.267. The summed E-state index contributed by atoms with van der Waals surface area (Å²) in [5.41, 5.74) is 0. The number of rotatable bonds is 6. The molecule has 0 aromatic carbocycles. The first-order valence-electron chi connectivity index (χ1n) is 3.64. The predicted molar refractivity (Wildman–Crippen MR) is 39.7 cm³/mol. The van der Waals surface area contributed by atoms with Crippen LogP contribution in [0.3, 0.4) is 0 Å². The highest BCUT2D eigenvalue weighted by molar-refractivity contribution is 4.79. The van der Waals surface area contributed by atoms with Gasteiger partial charge in [-0.1, -0.05) is 0 Å². The number of hydrogen-bond donors (Lipinski definition) is 6. The van der Waals surface area contributed by atoms with E-state index in [1.165, 1.54) is 0 Å². The van der Waals surface area contributed by atoms with Crippen molar-refractivity contribution in [2.45, 2.75) is 24.4 Å². The second-order valence-corrected chi connectivity index (χ2v) is 2.59. The Hall–Kier alpha value is -0.280. The summed E-state index contributed by atoms with van der Waals surface area (Å²) in [6.45, 7) is -1.35. The predicted octanol–water partition coefficient (Wildman–Crippen LogP) is -3.09. The second kappa shape index (κ2) is 6.22. The number of hydrogen-bond acceptors (Lipinski definition) is 7. The molecule has 13 heavy (non-hydrogen) atoms. The van der Waals surface area contributed by atoms with E-state index >= 15 is 0 Å². The molecule has 0 bridgehead atoms. The highest BCUT2D eigenvalue weighted by Crippen LogP contribution is 2.04. The van der Waals surface area contributed by atoms with Crippen molar-refractivity contribution < 1.29 is 35.7 Å². The second-order valence-electron chi connectivity index (χ2n) is 2.59. The highest BCUT2D eigenvalue weighted by Gasteiger charge is 2.29. The Morgan fingerprint density at radius 1 is 0.923 bits per heavy atom. The minimum atomic E-state index is -1.70. The molecule has 6 N–H and O–H groups in total. The summed E-state index contributed by atoms with van der Waals surface area (Å²) in [6.07, 6.45) is -6.49. The average molecular weight is 198 g/mol. The summed E-state index contributed by atoms with van der Waals surface area (Å²) in [5.74, 6) is 0. The molecule has 7 nitrogen and oxygen atoms in total. The van der Waals surface area contributed by atoms with Crippen LogP contribution < -0.4 is 0 Å². The van der Waals surface area contributed by atoms with E-state index in [1.807, 2.05) is 0 Å². The van der Waals surface area contributed by atoms with Gasteiger partial charge in [-0.25, -0.2) is 4.89 Å². The van der Waals surface area contributed by atoms with Gasteiger partial charge in [0, 0.05) is 0 Å². The molecule has 0 saturated heterocycles. The van der Waals surface area contributed by atoms with Crippen LogP contribution >= 0.6 is 0 Å². The fourth-order valence-electron chi connectivity index (χ4n) is 0.738. The summed E-state index contributed by atoms with van der Waals surface area (Å²) in [7, 11) is 0. The summed E-state index contributed by atoms with van der Waals surface area (Å²) >= 11 is 0. The first-order valence-corrected chi connectivity index (χ1v) is 3.64. The third-order valence-corrected chi connectivity index (χ3v) is 1.57. The average Bonchev–Trinajstić information content (AvgIpc) is 2.14. The molecule has 4 atom stereocenters. The third-order valence-electron chi connectivity index (χ3n) is 1.57. The lowest BCUT2D eigenvalue weighted by atomic mass is 10.0. The van der Waals surface area contributed by atoms with Crippen molar-refractivity contribution in [3.63, 3.8) is 0 Å². The summed E-state index contributed by atoms with van der Waals surface area (Å²) in [4.78, 5) is 3.52. The van der Waals surface area contributed by atoms with Gasteiger partial charge in [0.05, 0.1) is 6.61 Å². The fourth-order valence-corrected chi connectivity index (χ4v) is 0.738. The molecule has 80 valence electrons. The molecule has 0 rings (SSSR count). The molecule has 0 aromatic heterocycles. The van der Waals surface area contributed by atoms with Gasteiger partial charge in [-0.2, -0.15) is 0 Å². The molecule has 0 saturated carbocycles. The van der Waals surface area contributed by atoms with Crippen LogP contribution in [0.5, 0.6) is 0 Å². The normalized spacial score (nSPS) is 20.8. The molecule has 0 radical (unpaired) electrons. The lowest BCUT2D eigenvalue weighted by Gasteiger charge is -2.24. The highest BCUT2D eigenvalue weighted by atomic mass is 17.1. The van der Waals surface area contributed by atoms with Crippen molar-refractivity contribution >= 4 is 0 Å². The molecule has 0 fully saturated rings. The van der Waals surface area contributed by atoms with Gasteiger partial charge in [-0.15, -0.1) is 0 Å². The lowest BCUT2D eigenvalue weighted by Crippen LogP contribution is -2.47. The van der Waals surface area contributed by atoms with Crippen molar-refractivity contribution in [1.29, 1.82) is 0 Å². The summed E-state index contributed by atoms with van der Waals surface area (Å²) in [5, 5.41) is 52.1. The maximum absolute atomic E-state index is 9.06. The number of aliphatic hydroxyl groups excluding tert-OH is 5. The standard InChI is InChI=1S/C6H14O7/c7-1-3(8)5(10)6(11)4(9)2-13-12/h3-12H,1-2H2/t3-,4+,5-,6+/m1/s1. The zero-order chi connectivity index (χ0) is 10.4. The van der Waals surface area contributed by atoms with Gasteiger partial charge < -0.3 is 25.5 Å². The molecule has 0 aliphatic heterocycles. The minimum Gasteiger partial charge on any atom is -0.394 e. The SMILES string of the molecule is OC[C@@H](O)[C@@H](O)[C@@H](O)[C@@H](O)COO. The molecule has 0 aliphatic carbocycles. The Kier molecular flexibility index (Phi) is 6.08. The van der Waals surface area contributed by atoms with Crippen LogP contribution in [0.2, 0.25) is 0 Å². The van der Waals surface area contributed by atoms with Crippen LogP contribution in [0, 0.1) is 0 Å². The molecule has 0 spiro atoms. The first-order chi connectivity index (χ1) is 6.04. The van der Waals surface area contributed by atoms with Crippen molar-refractivity contribution in [2.75, 3.05) is 13.2 Å². The van der Waals surface area contributed by atoms with Crippen LogP contribution in [-0.4, -0.2) is 68.4 Å². The van der Waals surface area contributed by atoms with Gasteiger partial charge in [-0.3, -0.25) is 5.26 Å². The van der Waals surface area contributed by atoms with E-state index in [1.54, 1.807) is 0 Å². The van der Waals surface area contributed by atoms with Crippen molar-refractivity contribution in [3.05, 3.63) is 0 Å². The van der Waals surface area contributed by atoms with Gasteiger partial charge in [0.1, 0.15) is 31.0 Å². The largest absolute Gasteiger partial charge is 0.394 e. The molecule has 0 aliphatic rings. The van der Waals surface area contributed by atoms with Crippen molar-refractivity contribution in [2.24, 2.45) is 0 Å². The molecule has 0 heterocycles. The molecule has 0 unspecified atom stereocenters. The van der Waals surface area contributed by atoms with Crippen LogP contribution in [0.25, 0.3) is 0 Å². The van der Waals surface area contributed by atoms with Gasteiger partial charge in [0.25, 0.3) is 0 Å². The van der Waals surface area contributed by atoms with Crippen LogP contribution in [-0.2, 0) is 4.89 Å². The fraction of sp³-hybridized carbons (Fsp3) is 1.00. The Morgan fingerprint density at radius 2 is 1.38 bits per heavy atom.